The van der Waals surface area contributed by atoms with Gasteiger partial charge in [-0.1, -0.05) is 36.5 Å². The lowest BCUT2D eigenvalue weighted by atomic mass is 10.1. The molecular weight excluding hydrogens is 291 g/mol. The van der Waals surface area contributed by atoms with E-state index in [4.69, 9.17) is 23.2 Å². The van der Waals surface area contributed by atoms with Crippen LogP contribution < -0.4 is 5.32 Å². The van der Waals surface area contributed by atoms with Crippen molar-refractivity contribution in [3.63, 3.8) is 0 Å². The number of nitro benzene ring substituents is 1. The number of benzene rings is 1. The lowest BCUT2D eigenvalue weighted by Crippen LogP contribution is -2.32. The lowest BCUT2D eigenvalue weighted by Gasteiger charge is -2.13. The molecule has 7 heteroatoms. The quantitative estimate of drug-likeness (QED) is 0.664. The molecule has 1 unspecified atom stereocenters. The van der Waals surface area contributed by atoms with E-state index < -0.39 is 10.8 Å². The summed E-state index contributed by atoms with van der Waals surface area (Å²) in [5.41, 5.74) is -0.244. The van der Waals surface area contributed by atoms with E-state index in [0.717, 1.165) is 25.0 Å². The number of non-ortho nitro benzene ring substituents is 1. The van der Waals surface area contributed by atoms with E-state index in [9.17, 15) is 14.9 Å². The molecule has 104 valence electrons. The van der Waals surface area contributed by atoms with Crippen LogP contribution in [0.5, 0.6) is 0 Å². The Balaban J connectivity index is 3.05. The number of amides is 1. The van der Waals surface area contributed by atoms with E-state index in [1.165, 1.54) is 0 Å². The zero-order valence-electron chi connectivity index (χ0n) is 10.6. The van der Waals surface area contributed by atoms with Gasteiger partial charge in [0.2, 0.25) is 0 Å². The molecule has 0 aliphatic heterocycles. The van der Waals surface area contributed by atoms with Crippen LogP contribution in [-0.2, 0) is 0 Å². The largest absolute Gasteiger partial charge is 0.350 e. The number of hydrogen-bond donors (Lipinski definition) is 1. The Morgan fingerprint density at radius 2 is 2.11 bits per heavy atom. The smallest absolute Gasteiger partial charge is 0.271 e. The van der Waals surface area contributed by atoms with Crippen molar-refractivity contribution >= 4 is 34.8 Å². The predicted octanol–water partition coefficient (Wildman–Crippen LogP) is 3.82. The van der Waals surface area contributed by atoms with Crippen molar-refractivity contribution in [2.75, 3.05) is 0 Å². The number of nitrogens with zero attached hydrogens (tertiary/aromatic N) is 1. The van der Waals surface area contributed by atoms with Gasteiger partial charge < -0.3 is 5.32 Å². The van der Waals surface area contributed by atoms with Gasteiger partial charge in [0.25, 0.3) is 11.6 Å². The first kappa shape index (κ1) is 15.7. The molecule has 0 heterocycles. The van der Waals surface area contributed by atoms with E-state index >= 15 is 0 Å². The normalized spacial score (nSPS) is 12.0. The first-order chi connectivity index (χ1) is 8.86. The van der Waals surface area contributed by atoms with Crippen LogP contribution in [0.15, 0.2) is 12.1 Å². The first-order valence-electron chi connectivity index (χ1n) is 5.81. The Bertz CT molecular complexity index is 506. The molecule has 1 atom stereocenters. The van der Waals surface area contributed by atoms with Gasteiger partial charge in [0, 0.05) is 18.2 Å². The molecule has 0 spiro atoms. The molecule has 0 fully saturated rings. The standard InChI is InChI=1S/C12H14Cl2N2O3/c1-3-4-7(2)15-12(17)9-5-8(16(18)19)6-10(13)11(9)14/h5-7H,3-4H2,1-2H3,(H,15,17). The summed E-state index contributed by atoms with van der Waals surface area (Å²) in [4.78, 5) is 22.1. The topological polar surface area (TPSA) is 72.2 Å². The molecular formula is C12H14Cl2N2O3. The Hall–Kier alpha value is -1.33. The van der Waals surface area contributed by atoms with Crippen molar-refractivity contribution in [2.24, 2.45) is 0 Å². The van der Waals surface area contributed by atoms with Gasteiger partial charge in [-0.2, -0.15) is 0 Å². The fraction of sp³-hybridized carbons (Fsp3) is 0.417. The van der Waals surface area contributed by atoms with Gasteiger partial charge >= 0.3 is 0 Å². The van der Waals surface area contributed by atoms with Gasteiger partial charge in [0.1, 0.15) is 0 Å². The second-order valence-electron chi connectivity index (χ2n) is 4.21. The molecule has 1 amide bonds. The summed E-state index contributed by atoms with van der Waals surface area (Å²) in [5.74, 6) is -0.462. The molecule has 0 radical (unpaired) electrons. The van der Waals surface area contributed by atoms with Crippen LogP contribution >= 0.6 is 23.2 Å². The predicted molar refractivity (Wildman–Crippen MR) is 75.0 cm³/mol. The summed E-state index contributed by atoms with van der Waals surface area (Å²) in [6, 6.07) is 2.21. The highest BCUT2D eigenvalue weighted by Gasteiger charge is 2.20. The summed E-state index contributed by atoms with van der Waals surface area (Å²) in [7, 11) is 0. The maximum absolute atomic E-state index is 12.0. The van der Waals surface area contributed by atoms with E-state index in [2.05, 4.69) is 5.32 Å². The zero-order chi connectivity index (χ0) is 14.6. The molecule has 5 nitrogen and oxygen atoms in total. The van der Waals surface area contributed by atoms with Crippen LogP contribution in [-0.4, -0.2) is 16.9 Å². The molecule has 1 N–H and O–H groups in total. The minimum absolute atomic E-state index is 0.0100. The van der Waals surface area contributed by atoms with Gasteiger partial charge in [-0.3, -0.25) is 14.9 Å². The summed E-state index contributed by atoms with van der Waals surface area (Å²) in [6.45, 7) is 3.86. The average Bonchev–Trinajstić information content (AvgIpc) is 2.32. The summed E-state index contributed by atoms with van der Waals surface area (Å²) < 4.78 is 0. The van der Waals surface area contributed by atoms with Crippen molar-refractivity contribution in [1.82, 2.24) is 5.32 Å². The molecule has 0 aliphatic carbocycles. The number of hydrogen-bond acceptors (Lipinski definition) is 3. The maximum atomic E-state index is 12.0. The van der Waals surface area contributed by atoms with Gasteiger partial charge in [0.15, 0.2) is 0 Å². The molecule has 1 aromatic carbocycles. The molecule has 0 saturated carbocycles. The Morgan fingerprint density at radius 1 is 1.47 bits per heavy atom. The molecule has 19 heavy (non-hydrogen) atoms. The third-order valence-corrected chi connectivity index (χ3v) is 3.37. The SMILES string of the molecule is CCCC(C)NC(=O)c1cc([N+](=O)[O-])cc(Cl)c1Cl. The summed E-state index contributed by atoms with van der Waals surface area (Å²) in [5, 5.41) is 13.5. The van der Waals surface area contributed by atoms with E-state index in [1.54, 1.807) is 0 Å². The van der Waals surface area contributed by atoms with Gasteiger partial charge in [-0.15, -0.1) is 0 Å². The lowest BCUT2D eigenvalue weighted by molar-refractivity contribution is -0.384. The molecule has 0 bridgehead atoms. The van der Waals surface area contributed by atoms with Crippen molar-refractivity contribution in [2.45, 2.75) is 32.7 Å². The highest BCUT2D eigenvalue weighted by molar-refractivity contribution is 6.44. The highest BCUT2D eigenvalue weighted by atomic mass is 35.5. The van der Waals surface area contributed by atoms with E-state index in [1.807, 2.05) is 13.8 Å². The number of rotatable bonds is 5. The van der Waals surface area contributed by atoms with Crippen LogP contribution in [0.4, 0.5) is 5.69 Å². The fourth-order valence-electron chi connectivity index (χ4n) is 1.65. The molecule has 0 aliphatic rings. The summed E-state index contributed by atoms with van der Waals surface area (Å²) in [6.07, 6.45) is 1.73. The number of halogens is 2. The third kappa shape index (κ3) is 4.08. The van der Waals surface area contributed by atoms with Crippen molar-refractivity contribution in [3.05, 3.63) is 37.9 Å². The first-order valence-corrected chi connectivity index (χ1v) is 6.56. The number of nitrogens with one attached hydrogen (secondary N) is 1. The number of carbonyl (C=O) groups is 1. The van der Waals surface area contributed by atoms with Crippen LogP contribution in [0.3, 0.4) is 0 Å². The van der Waals surface area contributed by atoms with E-state index in [0.29, 0.717) is 0 Å². The second-order valence-corrected chi connectivity index (χ2v) is 4.99. The zero-order valence-corrected chi connectivity index (χ0v) is 12.1. The van der Waals surface area contributed by atoms with Crippen LogP contribution in [0.25, 0.3) is 0 Å². The Morgan fingerprint density at radius 3 is 2.63 bits per heavy atom. The number of nitro groups is 1. The van der Waals surface area contributed by atoms with Crippen LogP contribution in [0, 0.1) is 10.1 Å². The molecule has 0 saturated heterocycles. The molecule has 0 aromatic heterocycles. The van der Waals surface area contributed by atoms with Gasteiger partial charge in [-0.05, 0) is 13.3 Å². The monoisotopic (exact) mass is 304 g/mol. The Kier molecular flexibility index (Phi) is 5.57. The number of carbonyl (C=O) groups excluding carboxylic acids is 1. The van der Waals surface area contributed by atoms with Gasteiger partial charge in [-0.25, -0.2) is 0 Å². The molecule has 1 rings (SSSR count). The van der Waals surface area contributed by atoms with Gasteiger partial charge in [0.05, 0.1) is 20.5 Å². The fourth-order valence-corrected chi connectivity index (χ4v) is 2.06. The minimum atomic E-state index is -0.617. The maximum Gasteiger partial charge on any atom is 0.271 e. The van der Waals surface area contributed by atoms with Crippen LogP contribution in [0.1, 0.15) is 37.0 Å². The Labute approximate surface area is 121 Å². The highest BCUT2D eigenvalue weighted by Crippen LogP contribution is 2.30. The summed E-state index contributed by atoms with van der Waals surface area (Å²) >= 11 is 11.7. The average molecular weight is 305 g/mol. The third-order valence-electron chi connectivity index (χ3n) is 2.57. The minimum Gasteiger partial charge on any atom is -0.350 e. The second kappa shape index (κ2) is 6.73. The van der Waals surface area contributed by atoms with E-state index in [-0.39, 0.29) is 27.3 Å². The van der Waals surface area contributed by atoms with Crippen LogP contribution in [0.2, 0.25) is 10.0 Å². The van der Waals surface area contributed by atoms with Crippen molar-refractivity contribution in [3.8, 4) is 0 Å². The van der Waals surface area contributed by atoms with Crippen molar-refractivity contribution in [1.29, 1.82) is 0 Å². The van der Waals surface area contributed by atoms with Crippen molar-refractivity contribution < 1.29 is 9.72 Å². The molecule has 1 aromatic rings.